The van der Waals surface area contributed by atoms with Gasteiger partial charge in [0.2, 0.25) is 5.56 Å². The van der Waals surface area contributed by atoms with Crippen LogP contribution in [0.3, 0.4) is 0 Å². The van der Waals surface area contributed by atoms with Gasteiger partial charge in [0.05, 0.1) is 0 Å². The lowest BCUT2D eigenvalue weighted by molar-refractivity contribution is 0.481. The van der Waals surface area contributed by atoms with Crippen LogP contribution in [0.4, 0.5) is 0 Å². The summed E-state index contributed by atoms with van der Waals surface area (Å²) in [6.07, 6.45) is 12.1. The molecule has 0 saturated heterocycles. The number of aromatic nitrogens is 1. The molecule has 1 fully saturated rings. The molecular formula is C19H32N4O. The normalized spacial score (nSPS) is 15.6. The molecule has 0 atom stereocenters. The van der Waals surface area contributed by atoms with Gasteiger partial charge < -0.3 is 15.2 Å². The molecule has 1 aliphatic carbocycles. The third kappa shape index (κ3) is 6.77. The maximum Gasteiger partial charge on any atom is 0.250 e. The highest BCUT2D eigenvalue weighted by Crippen LogP contribution is 2.28. The van der Waals surface area contributed by atoms with Crippen LogP contribution in [0.1, 0.15) is 51.4 Å². The largest absolute Gasteiger partial charge is 0.356 e. The van der Waals surface area contributed by atoms with Crippen molar-refractivity contribution >= 4 is 5.96 Å². The molecule has 1 heterocycles. The molecule has 0 bridgehead atoms. The van der Waals surface area contributed by atoms with Gasteiger partial charge >= 0.3 is 0 Å². The molecule has 24 heavy (non-hydrogen) atoms. The van der Waals surface area contributed by atoms with E-state index in [1.165, 1.54) is 38.5 Å². The Balaban J connectivity index is 1.51. The number of unbranched alkanes of at least 4 members (excludes halogenated alkanes) is 1. The average molecular weight is 332 g/mol. The first-order valence-electron chi connectivity index (χ1n) is 9.39. The zero-order valence-corrected chi connectivity index (χ0v) is 15.0. The first kappa shape index (κ1) is 18.6. The van der Waals surface area contributed by atoms with Gasteiger partial charge in [-0.25, -0.2) is 0 Å². The Labute approximate surface area is 145 Å². The lowest BCUT2D eigenvalue weighted by Gasteiger charge is -2.13. The molecule has 5 nitrogen and oxygen atoms in total. The second-order valence-corrected chi connectivity index (χ2v) is 6.66. The van der Waals surface area contributed by atoms with Crippen LogP contribution in [0.15, 0.2) is 34.2 Å². The molecule has 0 amide bonds. The molecular weight excluding hydrogens is 300 g/mol. The zero-order valence-electron chi connectivity index (χ0n) is 15.0. The van der Waals surface area contributed by atoms with Gasteiger partial charge in [-0.15, -0.1) is 0 Å². The summed E-state index contributed by atoms with van der Waals surface area (Å²) in [5.74, 6) is 1.85. The van der Waals surface area contributed by atoms with E-state index in [0.717, 1.165) is 44.4 Å². The molecule has 1 saturated carbocycles. The number of aliphatic imine (C=N–C) groups is 1. The van der Waals surface area contributed by atoms with Crippen molar-refractivity contribution in [1.82, 2.24) is 15.2 Å². The van der Waals surface area contributed by atoms with E-state index >= 15 is 0 Å². The van der Waals surface area contributed by atoms with E-state index in [-0.39, 0.29) is 5.56 Å². The Bertz CT molecular complexity index is 546. The summed E-state index contributed by atoms with van der Waals surface area (Å²) in [4.78, 5) is 15.9. The Morgan fingerprint density at radius 3 is 2.62 bits per heavy atom. The van der Waals surface area contributed by atoms with Gasteiger partial charge in [-0.1, -0.05) is 31.7 Å². The van der Waals surface area contributed by atoms with Crippen LogP contribution >= 0.6 is 0 Å². The molecule has 0 aliphatic heterocycles. The number of aryl methyl sites for hydroxylation is 1. The summed E-state index contributed by atoms with van der Waals surface area (Å²) in [5, 5.41) is 6.75. The standard InChI is InChI=1S/C19H32N4O/c1-20-19(22-14-8-11-17-9-2-3-10-17)21-13-5-7-16-23-15-6-4-12-18(23)24/h4,6,12,15,17H,2-3,5,7-11,13-14,16H2,1H3,(H2,20,21,22). The van der Waals surface area contributed by atoms with Crippen molar-refractivity contribution in [2.24, 2.45) is 10.9 Å². The van der Waals surface area contributed by atoms with Crippen molar-refractivity contribution in [3.05, 3.63) is 34.7 Å². The van der Waals surface area contributed by atoms with Crippen LogP contribution < -0.4 is 16.2 Å². The SMILES string of the molecule is CN=C(NCCCCn1ccccc1=O)NCCCC1CCCC1. The Morgan fingerprint density at radius 2 is 1.92 bits per heavy atom. The van der Waals surface area contributed by atoms with Crippen molar-refractivity contribution in [1.29, 1.82) is 0 Å². The number of hydrogen-bond donors (Lipinski definition) is 2. The van der Waals surface area contributed by atoms with Crippen LogP contribution in [-0.2, 0) is 6.54 Å². The Morgan fingerprint density at radius 1 is 1.17 bits per heavy atom. The third-order valence-corrected chi connectivity index (χ3v) is 4.80. The second-order valence-electron chi connectivity index (χ2n) is 6.66. The number of rotatable bonds is 9. The first-order valence-corrected chi connectivity index (χ1v) is 9.39. The summed E-state index contributed by atoms with van der Waals surface area (Å²) < 4.78 is 1.76. The van der Waals surface area contributed by atoms with Gasteiger partial charge in [-0.05, 0) is 37.7 Å². The van der Waals surface area contributed by atoms with Gasteiger partial charge in [-0.3, -0.25) is 9.79 Å². The molecule has 2 N–H and O–H groups in total. The highest BCUT2D eigenvalue weighted by atomic mass is 16.1. The quantitative estimate of drug-likeness (QED) is 0.415. The van der Waals surface area contributed by atoms with E-state index in [1.54, 1.807) is 16.7 Å². The van der Waals surface area contributed by atoms with E-state index in [0.29, 0.717) is 0 Å². The molecule has 1 aromatic rings. The first-order chi connectivity index (χ1) is 11.8. The van der Waals surface area contributed by atoms with Gasteiger partial charge in [-0.2, -0.15) is 0 Å². The zero-order chi connectivity index (χ0) is 17.0. The number of nitrogens with zero attached hydrogens (tertiary/aromatic N) is 2. The summed E-state index contributed by atoms with van der Waals surface area (Å²) in [7, 11) is 1.82. The van der Waals surface area contributed by atoms with Crippen molar-refractivity contribution in [2.75, 3.05) is 20.1 Å². The Kier molecular flexibility index (Phi) is 8.42. The molecule has 5 heteroatoms. The number of nitrogens with one attached hydrogen (secondary N) is 2. The van der Waals surface area contributed by atoms with Gasteiger partial charge in [0.1, 0.15) is 0 Å². The van der Waals surface area contributed by atoms with Crippen molar-refractivity contribution in [3.63, 3.8) is 0 Å². The maximum atomic E-state index is 11.6. The molecule has 0 radical (unpaired) electrons. The molecule has 134 valence electrons. The monoisotopic (exact) mass is 332 g/mol. The highest BCUT2D eigenvalue weighted by molar-refractivity contribution is 5.79. The van der Waals surface area contributed by atoms with Gasteiger partial charge in [0, 0.05) is 38.9 Å². The fourth-order valence-electron chi connectivity index (χ4n) is 3.38. The summed E-state index contributed by atoms with van der Waals surface area (Å²) in [5.41, 5.74) is 0.0743. The van der Waals surface area contributed by atoms with Crippen LogP contribution in [0.5, 0.6) is 0 Å². The van der Waals surface area contributed by atoms with Crippen LogP contribution in [-0.4, -0.2) is 30.7 Å². The maximum absolute atomic E-state index is 11.6. The highest BCUT2D eigenvalue weighted by Gasteiger charge is 2.13. The molecule has 1 aliphatic rings. The van der Waals surface area contributed by atoms with Crippen molar-refractivity contribution in [3.8, 4) is 0 Å². The number of guanidine groups is 1. The molecule has 2 rings (SSSR count). The second kappa shape index (κ2) is 10.9. The molecule has 0 aromatic carbocycles. The van der Waals surface area contributed by atoms with E-state index in [1.807, 2.05) is 19.3 Å². The number of pyridine rings is 1. The third-order valence-electron chi connectivity index (χ3n) is 4.80. The minimum absolute atomic E-state index is 0.0743. The topological polar surface area (TPSA) is 58.4 Å². The minimum atomic E-state index is 0.0743. The van der Waals surface area contributed by atoms with Crippen LogP contribution in [0, 0.1) is 5.92 Å². The summed E-state index contributed by atoms with van der Waals surface area (Å²) in [6.45, 7) is 2.65. The fraction of sp³-hybridized carbons (Fsp3) is 0.684. The molecule has 0 unspecified atom stereocenters. The Hall–Kier alpha value is -1.78. The van der Waals surface area contributed by atoms with Crippen molar-refractivity contribution < 1.29 is 0 Å². The molecule has 1 aromatic heterocycles. The van der Waals surface area contributed by atoms with E-state index in [2.05, 4.69) is 15.6 Å². The summed E-state index contributed by atoms with van der Waals surface area (Å²) in [6, 6.07) is 5.29. The van der Waals surface area contributed by atoms with Gasteiger partial charge in [0.15, 0.2) is 5.96 Å². The summed E-state index contributed by atoms with van der Waals surface area (Å²) >= 11 is 0. The van der Waals surface area contributed by atoms with Crippen LogP contribution in [0.25, 0.3) is 0 Å². The van der Waals surface area contributed by atoms with E-state index in [4.69, 9.17) is 0 Å². The average Bonchev–Trinajstić information content (AvgIpc) is 3.11. The predicted octanol–water partition coefficient (Wildman–Crippen LogP) is 2.76. The lowest BCUT2D eigenvalue weighted by Crippen LogP contribution is -2.38. The van der Waals surface area contributed by atoms with Crippen LogP contribution in [0.2, 0.25) is 0 Å². The number of hydrogen-bond acceptors (Lipinski definition) is 2. The molecule has 0 spiro atoms. The minimum Gasteiger partial charge on any atom is -0.356 e. The lowest BCUT2D eigenvalue weighted by atomic mass is 10.0. The predicted molar refractivity (Wildman–Crippen MR) is 100 cm³/mol. The van der Waals surface area contributed by atoms with Gasteiger partial charge in [0.25, 0.3) is 0 Å². The van der Waals surface area contributed by atoms with E-state index in [9.17, 15) is 4.79 Å². The fourth-order valence-corrected chi connectivity index (χ4v) is 3.38. The smallest absolute Gasteiger partial charge is 0.250 e. The van der Waals surface area contributed by atoms with E-state index < -0.39 is 0 Å². The van der Waals surface area contributed by atoms with Crippen molar-refractivity contribution in [2.45, 2.75) is 57.9 Å².